The fraction of sp³-hybridized carbons (Fsp3) is 0.533. The van der Waals surface area contributed by atoms with Crippen LogP contribution in [-0.2, 0) is 10.4 Å². The highest BCUT2D eigenvalue weighted by atomic mass is 16.3. The smallest absolute Gasteiger partial charge is 0.222 e. The molecule has 2 rings (SSSR count). The molecule has 18 heavy (non-hydrogen) atoms. The molecule has 1 amide bonds. The van der Waals surface area contributed by atoms with Gasteiger partial charge in [0, 0.05) is 25.4 Å². The second-order valence-electron chi connectivity index (χ2n) is 5.13. The fourth-order valence-corrected chi connectivity index (χ4v) is 2.73. The molecule has 0 bridgehead atoms. The van der Waals surface area contributed by atoms with Gasteiger partial charge in [-0.2, -0.15) is 0 Å². The van der Waals surface area contributed by atoms with E-state index in [9.17, 15) is 9.90 Å². The lowest BCUT2D eigenvalue weighted by Crippen LogP contribution is -2.50. The molecule has 1 saturated heterocycles. The maximum Gasteiger partial charge on any atom is 0.222 e. The van der Waals surface area contributed by atoms with Crippen molar-refractivity contribution in [2.24, 2.45) is 5.92 Å². The van der Waals surface area contributed by atoms with Gasteiger partial charge in [0.15, 0.2) is 0 Å². The van der Waals surface area contributed by atoms with Crippen molar-refractivity contribution in [2.45, 2.75) is 32.3 Å². The second kappa shape index (κ2) is 5.11. The molecule has 0 radical (unpaired) electrons. The predicted molar refractivity (Wildman–Crippen MR) is 71.0 cm³/mol. The van der Waals surface area contributed by atoms with Gasteiger partial charge in [-0.25, -0.2) is 0 Å². The van der Waals surface area contributed by atoms with E-state index in [2.05, 4.69) is 0 Å². The Morgan fingerprint density at radius 2 is 2.11 bits per heavy atom. The van der Waals surface area contributed by atoms with E-state index in [1.54, 1.807) is 0 Å². The molecule has 1 aliphatic rings. The lowest BCUT2D eigenvalue weighted by molar-refractivity contribution is -0.139. The number of hydrogen-bond acceptors (Lipinski definition) is 2. The SMILES string of the molecule is CCC(=O)N1CC[C@](O)(c2ccccc2)[C@H](C)C1. The summed E-state index contributed by atoms with van der Waals surface area (Å²) in [6.07, 6.45) is 1.15. The van der Waals surface area contributed by atoms with Crippen molar-refractivity contribution in [3.8, 4) is 0 Å². The number of rotatable bonds is 2. The third-order valence-corrected chi connectivity index (χ3v) is 4.00. The van der Waals surface area contributed by atoms with Crippen LogP contribution in [0, 0.1) is 5.92 Å². The molecule has 0 unspecified atom stereocenters. The van der Waals surface area contributed by atoms with Crippen molar-refractivity contribution in [3.63, 3.8) is 0 Å². The van der Waals surface area contributed by atoms with Gasteiger partial charge < -0.3 is 10.0 Å². The molecule has 1 fully saturated rings. The maximum absolute atomic E-state index is 11.7. The minimum Gasteiger partial charge on any atom is -0.385 e. The Labute approximate surface area is 108 Å². The molecule has 1 aromatic rings. The fourth-order valence-electron chi connectivity index (χ4n) is 2.73. The number of carbonyl (C=O) groups excluding carboxylic acids is 1. The summed E-state index contributed by atoms with van der Waals surface area (Å²) in [4.78, 5) is 13.6. The first-order valence-electron chi connectivity index (χ1n) is 6.63. The molecule has 3 heteroatoms. The van der Waals surface area contributed by atoms with Crippen molar-refractivity contribution < 1.29 is 9.90 Å². The largest absolute Gasteiger partial charge is 0.385 e. The molecule has 1 N–H and O–H groups in total. The first-order valence-corrected chi connectivity index (χ1v) is 6.63. The van der Waals surface area contributed by atoms with E-state index in [1.807, 2.05) is 49.1 Å². The third-order valence-electron chi connectivity index (χ3n) is 4.00. The molecule has 0 aromatic heterocycles. The summed E-state index contributed by atoms with van der Waals surface area (Å²) >= 11 is 0. The van der Waals surface area contributed by atoms with Gasteiger partial charge >= 0.3 is 0 Å². The van der Waals surface area contributed by atoms with Gasteiger partial charge in [-0.1, -0.05) is 44.2 Å². The average molecular weight is 247 g/mol. The second-order valence-corrected chi connectivity index (χ2v) is 5.13. The molecule has 0 saturated carbocycles. The lowest BCUT2D eigenvalue weighted by Gasteiger charge is -2.43. The number of likely N-dealkylation sites (tertiary alicyclic amines) is 1. The summed E-state index contributed by atoms with van der Waals surface area (Å²) in [5.41, 5.74) is 0.160. The molecular formula is C15H21NO2. The van der Waals surface area contributed by atoms with Gasteiger partial charge in [0.1, 0.15) is 0 Å². The summed E-state index contributed by atoms with van der Waals surface area (Å²) in [6, 6.07) is 9.78. The average Bonchev–Trinajstić information content (AvgIpc) is 2.42. The van der Waals surface area contributed by atoms with Crippen LogP contribution >= 0.6 is 0 Å². The molecule has 2 atom stereocenters. The normalized spacial score (nSPS) is 28.2. The van der Waals surface area contributed by atoms with E-state index in [0.717, 1.165) is 5.56 Å². The highest BCUT2D eigenvalue weighted by Crippen LogP contribution is 2.37. The van der Waals surface area contributed by atoms with Crippen LogP contribution in [0.15, 0.2) is 30.3 Å². The van der Waals surface area contributed by atoms with Crippen molar-refractivity contribution in [2.75, 3.05) is 13.1 Å². The number of benzene rings is 1. The Morgan fingerprint density at radius 3 is 2.67 bits per heavy atom. The van der Waals surface area contributed by atoms with Gasteiger partial charge in [0.25, 0.3) is 0 Å². The van der Waals surface area contributed by atoms with Crippen LogP contribution in [0.5, 0.6) is 0 Å². The van der Waals surface area contributed by atoms with Crippen LogP contribution in [0.3, 0.4) is 0 Å². The number of aliphatic hydroxyl groups is 1. The maximum atomic E-state index is 11.7. The topological polar surface area (TPSA) is 40.5 Å². The quantitative estimate of drug-likeness (QED) is 0.870. The number of piperidine rings is 1. The molecule has 0 aliphatic carbocycles. The lowest BCUT2D eigenvalue weighted by atomic mass is 9.77. The number of nitrogens with zero attached hydrogens (tertiary/aromatic N) is 1. The van der Waals surface area contributed by atoms with Crippen molar-refractivity contribution in [1.82, 2.24) is 4.90 Å². The summed E-state index contributed by atoms with van der Waals surface area (Å²) < 4.78 is 0. The summed E-state index contributed by atoms with van der Waals surface area (Å²) in [7, 11) is 0. The number of carbonyl (C=O) groups is 1. The molecule has 98 valence electrons. The van der Waals surface area contributed by atoms with E-state index < -0.39 is 5.60 Å². The zero-order valence-corrected chi connectivity index (χ0v) is 11.1. The van der Waals surface area contributed by atoms with Gasteiger partial charge in [-0.3, -0.25) is 4.79 Å². The third kappa shape index (κ3) is 2.27. The van der Waals surface area contributed by atoms with E-state index in [4.69, 9.17) is 0 Å². The van der Waals surface area contributed by atoms with Crippen molar-refractivity contribution >= 4 is 5.91 Å². The van der Waals surface area contributed by atoms with E-state index in [0.29, 0.717) is 25.9 Å². The van der Waals surface area contributed by atoms with Crippen LogP contribution in [0.2, 0.25) is 0 Å². The summed E-state index contributed by atoms with van der Waals surface area (Å²) in [6.45, 7) is 5.17. The van der Waals surface area contributed by atoms with Crippen LogP contribution in [0.1, 0.15) is 32.3 Å². The van der Waals surface area contributed by atoms with E-state index >= 15 is 0 Å². The van der Waals surface area contributed by atoms with Crippen molar-refractivity contribution in [1.29, 1.82) is 0 Å². The first-order chi connectivity index (χ1) is 8.58. The molecule has 1 heterocycles. The standard InChI is InChI=1S/C15H21NO2/c1-3-14(17)16-10-9-15(18,12(2)11-16)13-7-5-4-6-8-13/h4-8,12,18H,3,9-11H2,1-2H3/t12-,15-/m1/s1. The van der Waals surface area contributed by atoms with Crippen LogP contribution in [0.4, 0.5) is 0 Å². The van der Waals surface area contributed by atoms with Crippen LogP contribution in [0.25, 0.3) is 0 Å². The van der Waals surface area contributed by atoms with Gasteiger partial charge in [0.2, 0.25) is 5.91 Å². The molecule has 1 aliphatic heterocycles. The summed E-state index contributed by atoms with van der Waals surface area (Å²) in [5, 5.41) is 10.8. The van der Waals surface area contributed by atoms with E-state index in [-0.39, 0.29) is 11.8 Å². The summed E-state index contributed by atoms with van der Waals surface area (Å²) in [5.74, 6) is 0.237. The van der Waals surface area contributed by atoms with Crippen molar-refractivity contribution in [3.05, 3.63) is 35.9 Å². The number of amides is 1. The Kier molecular flexibility index (Phi) is 3.71. The van der Waals surface area contributed by atoms with Crippen LogP contribution in [-0.4, -0.2) is 29.0 Å². The Hall–Kier alpha value is -1.35. The minimum atomic E-state index is -0.800. The highest BCUT2D eigenvalue weighted by Gasteiger charge is 2.40. The Bertz CT molecular complexity index is 418. The number of hydrogen-bond donors (Lipinski definition) is 1. The monoisotopic (exact) mass is 247 g/mol. The van der Waals surface area contributed by atoms with Gasteiger partial charge in [-0.05, 0) is 12.0 Å². The highest BCUT2D eigenvalue weighted by molar-refractivity contribution is 5.76. The zero-order chi connectivity index (χ0) is 13.2. The van der Waals surface area contributed by atoms with E-state index in [1.165, 1.54) is 0 Å². The first kappa shape index (κ1) is 13.1. The molecular weight excluding hydrogens is 226 g/mol. The zero-order valence-electron chi connectivity index (χ0n) is 11.1. The minimum absolute atomic E-state index is 0.0594. The molecule has 1 aromatic carbocycles. The van der Waals surface area contributed by atoms with Gasteiger partial charge in [0.05, 0.1) is 5.60 Å². The Balaban J connectivity index is 2.16. The van der Waals surface area contributed by atoms with Crippen LogP contribution < -0.4 is 0 Å². The molecule has 0 spiro atoms. The predicted octanol–water partition coefficient (Wildman–Crippen LogP) is 2.15. The van der Waals surface area contributed by atoms with Gasteiger partial charge in [-0.15, -0.1) is 0 Å². The Morgan fingerprint density at radius 1 is 1.44 bits per heavy atom. The molecule has 3 nitrogen and oxygen atoms in total.